The first-order chi connectivity index (χ1) is 4.29. The Morgan fingerprint density at radius 1 is 1.56 bits per heavy atom. The van der Waals surface area contributed by atoms with Crippen LogP contribution < -0.4 is 5.43 Å². The van der Waals surface area contributed by atoms with Gasteiger partial charge in [0.15, 0.2) is 0 Å². The number of rotatable bonds is 2. The standard InChI is InChI=1S/C6H11N3/c1-9(2)8-6-4-3-5-7-6/h3-5,7-8H,1-2H3. The Hall–Kier alpha value is -0.960. The number of nitrogens with one attached hydrogen (secondary N) is 2. The van der Waals surface area contributed by atoms with Gasteiger partial charge in [-0.15, -0.1) is 0 Å². The molecule has 1 aromatic rings. The van der Waals surface area contributed by atoms with E-state index in [2.05, 4.69) is 10.4 Å². The van der Waals surface area contributed by atoms with Crippen molar-refractivity contribution in [3.8, 4) is 0 Å². The van der Waals surface area contributed by atoms with E-state index in [1.807, 2.05) is 37.4 Å². The molecule has 0 atom stereocenters. The van der Waals surface area contributed by atoms with E-state index >= 15 is 0 Å². The van der Waals surface area contributed by atoms with Crippen LogP contribution >= 0.6 is 0 Å². The van der Waals surface area contributed by atoms with Gasteiger partial charge in [0.1, 0.15) is 5.82 Å². The summed E-state index contributed by atoms with van der Waals surface area (Å²) in [5.41, 5.74) is 3.06. The molecule has 3 heteroatoms. The fourth-order valence-corrected chi connectivity index (χ4v) is 0.641. The molecule has 0 aliphatic heterocycles. The maximum absolute atomic E-state index is 3.06. The normalized spacial score (nSPS) is 10.1. The highest BCUT2D eigenvalue weighted by molar-refractivity contribution is 5.32. The number of hydrazine groups is 1. The number of nitrogens with zero attached hydrogens (tertiary/aromatic N) is 1. The Bertz CT molecular complexity index is 155. The van der Waals surface area contributed by atoms with E-state index in [9.17, 15) is 0 Å². The number of aromatic amines is 1. The second-order valence-electron chi connectivity index (χ2n) is 2.09. The highest BCUT2D eigenvalue weighted by Crippen LogP contribution is 1.99. The molecule has 50 valence electrons. The fraction of sp³-hybridized carbons (Fsp3) is 0.333. The van der Waals surface area contributed by atoms with Gasteiger partial charge in [-0.25, -0.2) is 5.01 Å². The highest BCUT2D eigenvalue weighted by Gasteiger charge is 1.88. The van der Waals surface area contributed by atoms with Crippen molar-refractivity contribution in [2.24, 2.45) is 0 Å². The van der Waals surface area contributed by atoms with Crippen LogP contribution in [0.2, 0.25) is 0 Å². The molecule has 3 nitrogen and oxygen atoms in total. The maximum Gasteiger partial charge on any atom is 0.117 e. The minimum absolute atomic E-state index is 1.01. The predicted octanol–water partition coefficient (Wildman–Crippen LogP) is 0.903. The molecule has 0 aromatic carbocycles. The molecule has 0 fully saturated rings. The number of anilines is 1. The molecule has 0 amide bonds. The van der Waals surface area contributed by atoms with Crippen molar-refractivity contribution in [2.75, 3.05) is 19.5 Å². The average Bonchev–Trinajstić information content (AvgIpc) is 2.15. The Balaban J connectivity index is 2.48. The summed E-state index contributed by atoms with van der Waals surface area (Å²) < 4.78 is 0. The van der Waals surface area contributed by atoms with E-state index in [1.165, 1.54) is 0 Å². The van der Waals surface area contributed by atoms with Gasteiger partial charge in [0.05, 0.1) is 0 Å². The summed E-state index contributed by atoms with van der Waals surface area (Å²) in [6, 6.07) is 3.92. The monoisotopic (exact) mass is 125 g/mol. The van der Waals surface area contributed by atoms with Crippen molar-refractivity contribution in [1.29, 1.82) is 0 Å². The first-order valence-electron chi connectivity index (χ1n) is 2.86. The lowest BCUT2D eigenvalue weighted by molar-refractivity contribution is 0.493. The van der Waals surface area contributed by atoms with Crippen molar-refractivity contribution >= 4 is 5.82 Å². The molecule has 2 N–H and O–H groups in total. The van der Waals surface area contributed by atoms with Crippen LogP contribution in [0.25, 0.3) is 0 Å². The van der Waals surface area contributed by atoms with Crippen LogP contribution in [0.1, 0.15) is 0 Å². The van der Waals surface area contributed by atoms with Crippen molar-refractivity contribution in [3.63, 3.8) is 0 Å². The zero-order valence-electron chi connectivity index (χ0n) is 5.68. The molecule has 0 aliphatic rings. The van der Waals surface area contributed by atoms with Crippen LogP contribution in [0.5, 0.6) is 0 Å². The molecular formula is C6H11N3. The highest BCUT2D eigenvalue weighted by atomic mass is 15.5. The lowest BCUT2D eigenvalue weighted by atomic mass is 10.6. The molecule has 0 saturated heterocycles. The summed E-state index contributed by atoms with van der Waals surface area (Å²) in [4.78, 5) is 3.02. The summed E-state index contributed by atoms with van der Waals surface area (Å²) in [5.74, 6) is 1.01. The van der Waals surface area contributed by atoms with Gasteiger partial charge < -0.3 is 10.4 Å². The first kappa shape index (κ1) is 6.16. The van der Waals surface area contributed by atoms with E-state index in [1.54, 1.807) is 0 Å². The number of H-pyrrole nitrogens is 1. The molecular weight excluding hydrogens is 114 g/mol. The second kappa shape index (κ2) is 2.55. The van der Waals surface area contributed by atoms with Crippen LogP contribution in [0.4, 0.5) is 5.82 Å². The minimum Gasteiger partial charge on any atom is -0.347 e. The van der Waals surface area contributed by atoms with Gasteiger partial charge in [0.25, 0.3) is 0 Å². The van der Waals surface area contributed by atoms with Crippen LogP contribution in [-0.4, -0.2) is 24.1 Å². The van der Waals surface area contributed by atoms with Crippen molar-refractivity contribution < 1.29 is 0 Å². The molecule has 1 rings (SSSR count). The van der Waals surface area contributed by atoms with E-state index in [4.69, 9.17) is 0 Å². The number of hydrogen-bond donors (Lipinski definition) is 2. The molecule has 0 unspecified atom stereocenters. The summed E-state index contributed by atoms with van der Waals surface area (Å²) in [5, 5.41) is 1.88. The molecule has 0 spiro atoms. The summed E-state index contributed by atoms with van der Waals surface area (Å²) >= 11 is 0. The summed E-state index contributed by atoms with van der Waals surface area (Å²) in [6.45, 7) is 0. The van der Waals surface area contributed by atoms with E-state index in [0.717, 1.165) is 5.82 Å². The van der Waals surface area contributed by atoms with Crippen LogP contribution in [0, 0.1) is 0 Å². The molecule has 1 aromatic heterocycles. The van der Waals surface area contributed by atoms with Crippen LogP contribution in [0.3, 0.4) is 0 Å². The third-order valence-corrected chi connectivity index (χ3v) is 0.942. The van der Waals surface area contributed by atoms with E-state index in [0.29, 0.717) is 0 Å². The number of hydrogen-bond acceptors (Lipinski definition) is 2. The van der Waals surface area contributed by atoms with Gasteiger partial charge >= 0.3 is 0 Å². The van der Waals surface area contributed by atoms with Gasteiger partial charge in [-0.3, -0.25) is 0 Å². The van der Waals surface area contributed by atoms with Gasteiger partial charge in [0, 0.05) is 20.3 Å². The molecule has 9 heavy (non-hydrogen) atoms. The summed E-state index contributed by atoms with van der Waals surface area (Å²) in [7, 11) is 3.89. The smallest absolute Gasteiger partial charge is 0.117 e. The zero-order valence-corrected chi connectivity index (χ0v) is 5.68. The van der Waals surface area contributed by atoms with E-state index < -0.39 is 0 Å². The van der Waals surface area contributed by atoms with Crippen molar-refractivity contribution in [2.45, 2.75) is 0 Å². The minimum atomic E-state index is 1.01. The first-order valence-corrected chi connectivity index (χ1v) is 2.86. The summed E-state index contributed by atoms with van der Waals surface area (Å²) in [6.07, 6.45) is 1.88. The molecule has 1 heterocycles. The quantitative estimate of drug-likeness (QED) is 0.575. The Morgan fingerprint density at radius 3 is 2.78 bits per heavy atom. The van der Waals surface area contributed by atoms with Crippen molar-refractivity contribution in [1.82, 2.24) is 9.99 Å². The van der Waals surface area contributed by atoms with Gasteiger partial charge in [-0.05, 0) is 12.1 Å². The zero-order chi connectivity index (χ0) is 6.69. The van der Waals surface area contributed by atoms with E-state index in [-0.39, 0.29) is 0 Å². The van der Waals surface area contributed by atoms with Gasteiger partial charge in [0.2, 0.25) is 0 Å². The van der Waals surface area contributed by atoms with Gasteiger partial charge in [-0.1, -0.05) is 0 Å². The molecule has 0 radical (unpaired) electrons. The SMILES string of the molecule is CN(C)Nc1ccc[nH]1. The Morgan fingerprint density at radius 2 is 2.33 bits per heavy atom. The van der Waals surface area contributed by atoms with Crippen molar-refractivity contribution in [3.05, 3.63) is 18.3 Å². The van der Waals surface area contributed by atoms with Crippen LogP contribution in [-0.2, 0) is 0 Å². The molecule has 0 bridgehead atoms. The van der Waals surface area contributed by atoms with Gasteiger partial charge in [-0.2, -0.15) is 0 Å². The fourth-order valence-electron chi connectivity index (χ4n) is 0.641. The Kier molecular flexibility index (Phi) is 1.75. The average molecular weight is 125 g/mol. The number of aromatic nitrogens is 1. The topological polar surface area (TPSA) is 31.1 Å². The maximum atomic E-state index is 3.06. The molecule has 0 aliphatic carbocycles. The third-order valence-electron chi connectivity index (χ3n) is 0.942. The van der Waals surface area contributed by atoms with Crippen LogP contribution in [0.15, 0.2) is 18.3 Å². The molecule has 0 saturated carbocycles. The Labute approximate surface area is 54.7 Å². The lowest BCUT2D eigenvalue weighted by Gasteiger charge is -2.10. The predicted molar refractivity (Wildman–Crippen MR) is 38.1 cm³/mol. The lowest BCUT2D eigenvalue weighted by Crippen LogP contribution is -2.19. The third kappa shape index (κ3) is 1.77. The largest absolute Gasteiger partial charge is 0.347 e. The second-order valence-corrected chi connectivity index (χ2v) is 2.09.